The summed E-state index contributed by atoms with van der Waals surface area (Å²) in [7, 11) is 0. The van der Waals surface area contributed by atoms with E-state index in [1.54, 1.807) is 12.1 Å². The number of nitrogens with zero attached hydrogens (tertiary/aromatic N) is 5. The quantitative estimate of drug-likeness (QED) is 0.772. The lowest BCUT2D eigenvalue weighted by molar-refractivity contribution is -0.138. The summed E-state index contributed by atoms with van der Waals surface area (Å²) >= 11 is 0. The monoisotopic (exact) mass is 236 g/mol. The Kier molecular flexibility index (Phi) is 2.86. The van der Waals surface area contributed by atoms with Crippen molar-refractivity contribution in [2.24, 2.45) is 5.92 Å². The van der Waals surface area contributed by atoms with E-state index in [9.17, 15) is 4.79 Å². The summed E-state index contributed by atoms with van der Waals surface area (Å²) < 4.78 is 1.24. The largest absolute Gasteiger partial charge is 0.480 e. The molecule has 8 heteroatoms. The summed E-state index contributed by atoms with van der Waals surface area (Å²) in [6.45, 7) is 3.64. The molecule has 90 valence electrons. The second-order valence-electron chi connectivity index (χ2n) is 3.95. The zero-order valence-corrected chi connectivity index (χ0v) is 9.40. The Balaban J connectivity index is 2.24. The number of fused-ring (bicyclic) bond motifs is 1. The third kappa shape index (κ3) is 2.30. The molecule has 2 aromatic heterocycles. The number of hydrogen-bond donors (Lipinski definition) is 2. The van der Waals surface area contributed by atoms with Crippen molar-refractivity contribution < 1.29 is 9.90 Å². The minimum atomic E-state index is -0.918. The fourth-order valence-electron chi connectivity index (χ4n) is 1.40. The molecule has 8 nitrogen and oxygen atoms in total. The number of hydrogen-bond acceptors (Lipinski definition) is 6. The maximum Gasteiger partial charge on any atom is 0.326 e. The number of carbonyl (C=O) groups is 1. The van der Waals surface area contributed by atoms with Crippen molar-refractivity contribution in [3.63, 3.8) is 0 Å². The molecule has 0 bridgehead atoms. The molecule has 2 aromatic rings. The van der Waals surface area contributed by atoms with Crippen molar-refractivity contribution >= 4 is 17.4 Å². The lowest BCUT2D eigenvalue weighted by Crippen LogP contribution is -2.34. The first-order chi connectivity index (χ1) is 8.08. The van der Waals surface area contributed by atoms with Gasteiger partial charge in [0.05, 0.1) is 0 Å². The Bertz CT molecular complexity index is 537. The highest BCUT2D eigenvalue weighted by Gasteiger charge is 2.21. The van der Waals surface area contributed by atoms with Crippen LogP contribution in [0.2, 0.25) is 0 Å². The van der Waals surface area contributed by atoms with Gasteiger partial charge in [0.2, 0.25) is 0 Å². The lowest BCUT2D eigenvalue weighted by atomic mass is 10.1. The van der Waals surface area contributed by atoms with Gasteiger partial charge in [-0.25, -0.2) is 4.79 Å². The molecule has 0 radical (unpaired) electrons. The van der Waals surface area contributed by atoms with E-state index in [1.165, 1.54) is 4.63 Å². The summed E-state index contributed by atoms with van der Waals surface area (Å²) in [5.74, 6) is -0.552. The first-order valence-corrected chi connectivity index (χ1v) is 5.12. The number of aromatic nitrogens is 5. The number of aliphatic carboxylic acids is 1. The Morgan fingerprint density at radius 3 is 2.88 bits per heavy atom. The van der Waals surface area contributed by atoms with Crippen LogP contribution in [0.1, 0.15) is 13.8 Å². The van der Waals surface area contributed by atoms with Gasteiger partial charge in [0.15, 0.2) is 5.65 Å². The van der Waals surface area contributed by atoms with Gasteiger partial charge in [0, 0.05) is 0 Å². The van der Waals surface area contributed by atoms with Crippen molar-refractivity contribution in [2.75, 3.05) is 5.32 Å². The van der Waals surface area contributed by atoms with E-state index in [0.29, 0.717) is 11.5 Å². The van der Waals surface area contributed by atoms with Crippen LogP contribution in [0, 0.1) is 5.92 Å². The minimum Gasteiger partial charge on any atom is -0.480 e. The van der Waals surface area contributed by atoms with Crippen LogP contribution in [0.25, 0.3) is 5.65 Å². The van der Waals surface area contributed by atoms with Crippen molar-refractivity contribution in [3.8, 4) is 0 Å². The van der Waals surface area contributed by atoms with Gasteiger partial charge < -0.3 is 10.4 Å². The normalized spacial score (nSPS) is 12.9. The standard InChI is InChI=1S/C9H12N6O2/c1-5(2)8(9(16)17)10-6-3-4-7-11-13-14-15(7)12-6/h3-5,8H,1-2H3,(H,10,12)(H,16,17). The predicted octanol–water partition coefficient (Wildman–Crippen LogP) is 0.0404. The Labute approximate surface area is 96.6 Å². The highest BCUT2D eigenvalue weighted by Crippen LogP contribution is 2.10. The molecule has 2 N–H and O–H groups in total. The first kappa shape index (κ1) is 11.2. The Hall–Kier alpha value is -2.25. The second-order valence-corrected chi connectivity index (χ2v) is 3.95. The molecule has 0 aromatic carbocycles. The highest BCUT2D eigenvalue weighted by molar-refractivity contribution is 5.77. The van der Waals surface area contributed by atoms with Gasteiger partial charge in [0.25, 0.3) is 0 Å². The maximum atomic E-state index is 11.0. The van der Waals surface area contributed by atoms with E-state index >= 15 is 0 Å². The van der Waals surface area contributed by atoms with Crippen LogP contribution < -0.4 is 5.32 Å². The summed E-state index contributed by atoms with van der Waals surface area (Å²) in [6, 6.07) is 2.61. The molecule has 0 saturated carbocycles. The fraction of sp³-hybridized carbons (Fsp3) is 0.444. The van der Waals surface area contributed by atoms with Gasteiger partial charge in [-0.15, -0.1) is 14.8 Å². The molecule has 1 unspecified atom stereocenters. The summed E-state index contributed by atoms with van der Waals surface area (Å²) in [5, 5.41) is 26.7. The molecule has 17 heavy (non-hydrogen) atoms. The van der Waals surface area contributed by atoms with Crippen molar-refractivity contribution in [1.82, 2.24) is 25.3 Å². The molecule has 0 aliphatic rings. The van der Waals surface area contributed by atoms with Crippen LogP contribution >= 0.6 is 0 Å². The SMILES string of the molecule is CC(C)C(Nc1ccc2nnnn2n1)C(=O)O. The highest BCUT2D eigenvalue weighted by atomic mass is 16.4. The van der Waals surface area contributed by atoms with Crippen molar-refractivity contribution in [3.05, 3.63) is 12.1 Å². The van der Waals surface area contributed by atoms with E-state index in [2.05, 4.69) is 25.9 Å². The summed E-state index contributed by atoms with van der Waals surface area (Å²) in [5.41, 5.74) is 0.506. The average Bonchev–Trinajstić information content (AvgIpc) is 2.71. The van der Waals surface area contributed by atoms with E-state index in [1.807, 2.05) is 13.8 Å². The van der Waals surface area contributed by atoms with Gasteiger partial charge in [-0.05, 0) is 28.5 Å². The Morgan fingerprint density at radius 1 is 1.47 bits per heavy atom. The smallest absolute Gasteiger partial charge is 0.326 e. The third-order valence-corrected chi connectivity index (χ3v) is 2.31. The molecule has 2 heterocycles. The van der Waals surface area contributed by atoms with Crippen LogP contribution in [-0.2, 0) is 4.79 Å². The molecule has 2 rings (SSSR count). The fourth-order valence-corrected chi connectivity index (χ4v) is 1.40. The van der Waals surface area contributed by atoms with Gasteiger partial charge in [-0.2, -0.15) is 0 Å². The van der Waals surface area contributed by atoms with E-state index < -0.39 is 12.0 Å². The van der Waals surface area contributed by atoms with E-state index in [4.69, 9.17) is 5.11 Å². The van der Waals surface area contributed by atoms with Crippen LogP contribution in [0.4, 0.5) is 5.82 Å². The zero-order chi connectivity index (χ0) is 12.4. The number of rotatable bonds is 4. The lowest BCUT2D eigenvalue weighted by Gasteiger charge is -2.17. The van der Waals surface area contributed by atoms with E-state index in [0.717, 1.165) is 0 Å². The van der Waals surface area contributed by atoms with Crippen molar-refractivity contribution in [1.29, 1.82) is 0 Å². The number of anilines is 1. The molecular formula is C9H12N6O2. The molecule has 1 atom stereocenters. The number of carboxylic acid groups (broad SMARTS) is 1. The van der Waals surface area contributed by atoms with E-state index in [-0.39, 0.29) is 5.92 Å². The van der Waals surface area contributed by atoms with Gasteiger partial charge in [-0.3, -0.25) is 0 Å². The number of tetrazole rings is 1. The van der Waals surface area contributed by atoms with Gasteiger partial charge in [0.1, 0.15) is 11.9 Å². The van der Waals surface area contributed by atoms with Crippen LogP contribution in [0.15, 0.2) is 12.1 Å². The molecule has 0 amide bonds. The molecule has 0 aliphatic carbocycles. The topological polar surface area (TPSA) is 105 Å². The minimum absolute atomic E-state index is 0.0566. The van der Waals surface area contributed by atoms with Gasteiger partial charge >= 0.3 is 5.97 Å². The van der Waals surface area contributed by atoms with Crippen LogP contribution in [-0.4, -0.2) is 42.4 Å². The summed E-state index contributed by atoms with van der Waals surface area (Å²) in [4.78, 5) is 11.0. The predicted molar refractivity (Wildman–Crippen MR) is 58.5 cm³/mol. The third-order valence-electron chi connectivity index (χ3n) is 2.31. The maximum absolute atomic E-state index is 11.0. The van der Waals surface area contributed by atoms with Gasteiger partial charge in [-0.1, -0.05) is 13.8 Å². The Morgan fingerprint density at radius 2 is 2.24 bits per heavy atom. The molecule has 0 spiro atoms. The summed E-state index contributed by atoms with van der Waals surface area (Å²) in [6.07, 6.45) is 0. The first-order valence-electron chi connectivity index (χ1n) is 5.12. The molecule has 0 saturated heterocycles. The van der Waals surface area contributed by atoms with Crippen LogP contribution in [0.3, 0.4) is 0 Å². The average molecular weight is 236 g/mol. The molecule has 0 aliphatic heterocycles. The molecular weight excluding hydrogens is 224 g/mol. The van der Waals surface area contributed by atoms with Crippen LogP contribution in [0.5, 0.6) is 0 Å². The number of nitrogens with one attached hydrogen (secondary N) is 1. The second kappa shape index (κ2) is 4.32. The number of carboxylic acids is 1. The molecule has 0 fully saturated rings. The zero-order valence-electron chi connectivity index (χ0n) is 9.40. The van der Waals surface area contributed by atoms with Crippen molar-refractivity contribution in [2.45, 2.75) is 19.9 Å².